The van der Waals surface area contributed by atoms with E-state index in [4.69, 9.17) is 0 Å². The predicted octanol–water partition coefficient (Wildman–Crippen LogP) is 0.516. The van der Waals surface area contributed by atoms with E-state index in [-0.39, 0.29) is 5.91 Å². The van der Waals surface area contributed by atoms with E-state index < -0.39 is 0 Å². The lowest BCUT2D eigenvalue weighted by molar-refractivity contribution is -0.122. The Bertz CT molecular complexity index is 300. The van der Waals surface area contributed by atoms with Crippen molar-refractivity contribution in [2.75, 3.05) is 33.7 Å². The molecule has 90 valence electrons. The second-order valence-corrected chi connectivity index (χ2v) is 4.73. The molecule has 4 nitrogen and oxygen atoms in total. The van der Waals surface area contributed by atoms with Gasteiger partial charge in [-0.1, -0.05) is 6.07 Å². The number of thiophene rings is 1. The Kier molecular flexibility index (Phi) is 6.07. The highest BCUT2D eigenvalue weighted by Gasteiger charge is 2.05. The van der Waals surface area contributed by atoms with E-state index in [1.54, 1.807) is 11.3 Å². The van der Waals surface area contributed by atoms with Crippen molar-refractivity contribution in [2.45, 2.75) is 6.54 Å². The summed E-state index contributed by atoms with van der Waals surface area (Å²) in [7, 11) is 3.85. The van der Waals surface area contributed by atoms with E-state index in [1.165, 1.54) is 4.88 Å². The molecule has 1 aromatic rings. The van der Waals surface area contributed by atoms with Crippen LogP contribution < -0.4 is 10.6 Å². The minimum absolute atomic E-state index is 0.0759. The number of amides is 1. The minimum Gasteiger partial charge on any atom is -0.350 e. The van der Waals surface area contributed by atoms with E-state index in [0.29, 0.717) is 13.1 Å². The average Bonchev–Trinajstić information content (AvgIpc) is 2.76. The molecule has 5 heteroatoms. The second-order valence-electron chi connectivity index (χ2n) is 3.70. The van der Waals surface area contributed by atoms with Gasteiger partial charge in [0.05, 0.1) is 13.1 Å². The summed E-state index contributed by atoms with van der Waals surface area (Å²) in [4.78, 5) is 14.7. The molecule has 16 heavy (non-hydrogen) atoms. The Morgan fingerprint density at radius 1 is 1.56 bits per heavy atom. The lowest BCUT2D eigenvalue weighted by atomic mass is 10.4. The lowest BCUT2D eigenvalue weighted by Crippen LogP contribution is -2.37. The van der Waals surface area contributed by atoms with Crippen molar-refractivity contribution in [3.63, 3.8) is 0 Å². The standard InChI is InChI=1S/C11H19N3OS/c1-12-5-6-14(2)9-11(15)13-8-10-4-3-7-16-10/h3-4,7,12H,5-6,8-9H2,1-2H3,(H,13,15). The monoisotopic (exact) mass is 241 g/mol. The average molecular weight is 241 g/mol. The zero-order valence-electron chi connectivity index (χ0n) is 9.82. The number of hydrogen-bond donors (Lipinski definition) is 2. The van der Waals surface area contributed by atoms with Gasteiger partial charge in [-0.3, -0.25) is 9.69 Å². The molecule has 0 aromatic carbocycles. The van der Waals surface area contributed by atoms with Crippen molar-refractivity contribution >= 4 is 17.2 Å². The van der Waals surface area contributed by atoms with E-state index in [0.717, 1.165) is 13.1 Å². The zero-order valence-corrected chi connectivity index (χ0v) is 10.6. The topological polar surface area (TPSA) is 44.4 Å². The SMILES string of the molecule is CNCCN(C)CC(=O)NCc1cccs1. The quantitative estimate of drug-likeness (QED) is 0.731. The molecule has 2 N–H and O–H groups in total. The molecule has 0 spiro atoms. The maximum Gasteiger partial charge on any atom is 0.234 e. The molecule has 0 aliphatic heterocycles. The first-order valence-electron chi connectivity index (χ1n) is 5.34. The molecule has 1 rings (SSSR count). The molecule has 0 aliphatic rings. The summed E-state index contributed by atoms with van der Waals surface area (Å²) in [6, 6.07) is 4.01. The molecule has 0 bridgehead atoms. The maximum absolute atomic E-state index is 11.5. The van der Waals surface area contributed by atoms with Gasteiger partial charge in [-0.2, -0.15) is 0 Å². The van der Waals surface area contributed by atoms with Gasteiger partial charge in [0.1, 0.15) is 0 Å². The Labute approximate surface area is 101 Å². The van der Waals surface area contributed by atoms with E-state index in [9.17, 15) is 4.79 Å². The predicted molar refractivity (Wildman–Crippen MR) is 67.6 cm³/mol. The van der Waals surface area contributed by atoms with Gasteiger partial charge in [-0.25, -0.2) is 0 Å². The zero-order chi connectivity index (χ0) is 11.8. The van der Waals surface area contributed by atoms with Gasteiger partial charge >= 0.3 is 0 Å². The molecule has 0 unspecified atom stereocenters. The Balaban J connectivity index is 2.15. The van der Waals surface area contributed by atoms with Gasteiger partial charge in [-0.05, 0) is 25.5 Å². The van der Waals surface area contributed by atoms with Crippen LogP contribution in [-0.2, 0) is 11.3 Å². The fraction of sp³-hybridized carbons (Fsp3) is 0.545. The first-order valence-corrected chi connectivity index (χ1v) is 6.22. The van der Waals surface area contributed by atoms with Crippen molar-refractivity contribution < 1.29 is 4.79 Å². The van der Waals surface area contributed by atoms with Crippen LogP contribution in [0.3, 0.4) is 0 Å². The summed E-state index contributed by atoms with van der Waals surface area (Å²) in [5, 5.41) is 7.97. The van der Waals surface area contributed by atoms with Crippen LogP contribution in [0.5, 0.6) is 0 Å². The largest absolute Gasteiger partial charge is 0.350 e. The van der Waals surface area contributed by atoms with Crippen LogP contribution in [0.25, 0.3) is 0 Å². The van der Waals surface area contributed by atoms with Crippen LogP contribution >= 0.6 is 11.3 Å². The second kappa shape index (κ2) is 7.38. The summed E-state index contributed by atoms with van der Waals surface area (Å²) >= 11 is 1.66. The Hall–Kier alpha value is -0.910. The van der Waals surface area contributed by atoms with E-state index in [1.807, 2.05) is 36.5 Å². The molecule has 1 amide bonds. The van der Waals surface area contributed by atoms with Crippen molar-refractivity contribution in [1.82, 2.24) is 15.5 Å². The van der Waals surface area contributed by atoms with Gasteiger partial charge in [-0.15, -0.1) is 11.3 Å². The smallest absolute Gasteiger partial charge is 0.234 e. The van der Waals surface area contributed by atoms with Gasteiger partial charge < -0.3 is 10.6 Å². The van der Waals surface area contributed by atoms with Gasteiger partial charge in [0.25, 0.3) is 0 Å². The highest BCUT2D eigenvalue weighted by Crippen LogP contribution is 2.07. The molecule has 0 saturated carbocycles. The summed E-state index contributed by atoms with van der Waals surface area (Å²) in [6.07, 6.45) is 0. The number of rotatable bonds is 7. The lowest BCUT2D eigenvalue weighted by Gasteiger charge is -2.15. The molecule has 1 heterocycles. The molecule has 0 saturated heterocycles. The highest BCUT2D eigenvalue weighted by molar-refractivity contribution is 7.09. The van der Waals surface area contributed by atoms with Gasteiger partial charge in [0.15, 0.2) is 0 Å². The van der Waals surface area contributed by atoms with Crippen molar-refractivity contribution in [3.05, 3.63) is 22.4 Å². The van der Waals surface area contributed by atoms with Crippen LogP contribution in [-0.4, -0.2) is 44.5 Å². The first kappa shape index (κ1) is 13.2. The van der Waals surface area contributed by atoms with Crippen molar-refractivity contribution in [1.29, 1.82) is 0 Å². The van der Waals surface area contributed by atoms with Crippen LogP contribution in [0.15, 0.2) is 17.5 Å². The third kappa shape index (κ3) is 5.25. The maximum atomic E-state index is 11.5. The Morgan fingerprint density at radius 2 is 2.38 bits per heavy atom. The summed E-state index contributed by atoms with van der Waals surface area (Å²) < 4.78 is 0. The summed E-state index contributed by atoms with van der Waals surface area (Å²) in [5.41, 5.74) is 0. The highest BCUT2D eigenvalue weighted by atomic mass is 32.1. The molecule has 0 atom stereocenters. The van der Waals surface area contributed by atoms with E-state index in [2.05, 4.69) is 10.6 Å². The number of hydrogen-bond acceptors (Lipinski definition) is 4. The number of nitrogens with one attached hydrogen (secondary N) is 2. The normalized spacial score (nSPS) is 10.7. The Morgan fingerprint density at radius 3 is 3.00 bits per heavy atom. The van der Waals surface area contributed by atoms with Crippen molar-refractivity contribution in [2.24, 2.45) is 0 Å². The third-order valence-corrected chi connectivity index (χ3v) is 3.07. The molecular formula is C11H19N3OS. The third-order valence-electron chi connectivity index (χ3n) is 2.20. The molecule has 0 fully saturated rings. The van der Waals surface area contributed by atoms with E-state index >= 15 is 0 Å². The number of carbonyl (C=O) groups is 1. The summed E-state index contributed by atoms with van der Waals surface area (Å²) in [6.45, 7) is 2.86. The summed E-state index contributed by atoms with van der Waals surface area (Å²) in [5.74, 6) is 0.0759. The fourth-order valence-electron chi connectivity index (χ4n) is 1.28. The number of carbonyl (C=O) groups excluding carboxylic acids is 1. The van der Waals surface area contributed by atoms with Crippen LogP contribution in [0.1, 0.15) is 4.88 Å². The van der Waals surface area contributed by atoms with Gasteiger partial charge in [0.2, 0.25) is 5.91 Å². The van der Waals surface area contributed by atoms with Crippen LogP contribution in [0.2, 0.25) is 0 Å². The van der Waals surface area contributed by atoms with Crippen molar-refractivity contribution in [3.8, 4) is 0 Å². The molecular weight excluding hydrogens is 222 g/mol. The van der Waals surface area contributed by atoms with Crippen LogP contribution in [0.4, 0.5) is 0 Å². The first-order chi connectivity index (χ1) is 7.72. The minimum atomic E-state index is 0.0759. The number of likely N-dealkylation sites (N-methyl/N-ethyl adjacent to an activating group) is 2. The molecule has 0 aliphatic carbocycles. The van der Waals surface area contributed by atoms with Crippen LogP contribution in [0, 0.1) is 0 Å². The molecule has 1 aromatic heterocycles. The fourth-order valence-corrected chi connectivity index (χ4v) is 1.93. The number of nitrogens with zero attached hydrogens (tertiary/aromatic N) is 1. The molecule has 0 radical (unpaired) electrons. The van der Waals surface area contributed by atoms with Gasteiger partial charge in [0, 0.05) is 18.0 Å².